The Bertz CT molecular complexity index is 367. The van der Waals surface area contributed by atoms with Crippen LogP contribution >= 0.6 is 11.3 Å². The second kappa shape index (κ2) is 6.34. The average molecular weight is 266 g/mol. The summed E-state index contributed by atoms with van der Waals surface area (Å²) in [5.74, 6) is 0.780. The van der Waals surface area contributed by atoms with Crippen LogP contribution < -0.4 is 0 Å². The first-order chi connectivity index (χ1) is 8.65. The van der Waals surface area contributed by atoms with Crippen LogP contribution in [0.2, 0.25) is 0 Å². The van der Waals surface area contributed by atoms with Crippen LogP contribution in [0, 0.1) is 5.92 Å². The monoisotopic (exact) mass is 266 g/mol. The van der Waals surface area contributed by atoms with Gasteiger partial charge < -0.3 is 4.90 Å². The quantitative estimate of drug-likeness (QED) is 0.835. The second-order valence-electron chi connectivity index (χ2n) is 5.33. The van der Waals surface area contributed by atoms with Gasteiger partial charge in [-0.25, -0.2) is 0 Å². The Morgan fingerprint density at radius 3 is 2.61 bits per heavy atom. The number of carbonyl (C=O) groups is 1. The summed E-state index contributed by atoms with van der Waals surface area (Å²) < 4.78 is 0. The predicted molar refractivity (Wildman–Crippen MR) is 75.6 cm³/mol. The Balaban J connectivity index is 1.76. The Morgan fingerprint density at radius 1 is 1.33 bits per heavy atom. The number of thiophene rings is 1. The van der Waals surface area contributed by atoms with Crippen molar-refractivity contribution < 1.29 is 4.79 Å². The van der Waals surface area contributed by atoms with E-state index in [-0.39, 0.29) is 0 Å². The third-order valence-electron chi connectivity index (χ3n) is 3.27. The highest BCUT2D eigenvalue weighted by molar-refractivity contribution is 7.09. The molecule has 1 aromatic heterocycles. The SMILES string of the molecule is CC(C)CC(=O)N1CCN(Cc2cccs2)CC1. The maximum absolute atomic E-state index is 11.9. The van der Waals surface area contributed by atoms with Gasteiger partial charge in [0, 0.05) is 44.0 Å². The first kappa shape index (κ1) is 13.6. The van der Waals surface area contributed by atoms with E-state index >= 15 is 0 Å². The molecule has 1 amide bonds. The van der Waals surface area contributed by atoms with E-state index in [2.05, 4.69) is 36.3 Å². The van der Waals surface area contributed by atoms with E-state index in [4.69, 9.17) is 0 Å². The molecule has 0 saturated carbocycles. The fourth-order valence-electron chi connectivity index (χ4n) is 2.26. The smallest absolute Gasteiger partial charge is 0.222 e. The summed E-state index contributed by atoms with van der Waals surface area (Å²) in [6.45, 7) is 9.01. The molecule has 0 bridgehead atoms. The number of carbonyl (C=O) groups excluding carboxylic acids is 1. The van der Waals surface area contributed by atoms with Gasteiger partial charge in [-0.3, -0.25) is 9.69 Å². The molecule has 1 saturated heterocycles. The summed E-state index contributed by atoms with van der Waals surface area (Å²) in [5.41, 5.74) is 0. The highest BCUT2D eigenvalue weighted by Gasteiger charge is 2.21. The number of rotatable bonds is 4. The third kappa shape index (κ3) is 3.82. The van der Waals surface area contributed by atoms with Crippen molar-refractivity contribution in [2.75, 3.05) is 26.2 Å². The van der Waals surface area contributed by atoms with Crippen molar-refractivity contribution >= 4 is 17.2 Å². The summed E-state index contributed by atoms with van der Waals surface area (Å²) in [7, 11) is 0. The normalized spacial score (nSPS) is 17.4. The molecule has 2 heterocycles. The van der Waals surface area contributed by atoms with Crippen molar-refractivity contribution in [2.24, 2.45) is 5.92 Å². The highest BCUT2D eigenvalue weighted by Crippen LogP contribution is 2.14. The molecule has 0 aromatic carbocycles. The fraction of sp³-hybridized carbons (Fsp3) is 0.643. The van der Waals surface area contributed by atoms with E-state index in [1.807, 2.05) is 16.2 Å². The van der Waals surface area contributed by atoms with Crippen LogP contribution in [0.15, 0.2) is 17.5 Å². The van der Waals surface area contributed by atoms with E-state index in [0.29, 0.717) is 18.2 Å². The zero-order chi connectivity index (χ0) is 13.0. The molecule has 18 heavy (non-hydrogen) atoms. The van der Waals surface area contributed by atoms with Crippen molar-refractivity contribution in [3.8, 4) is 0 Å². The van der Waals surface area contributed by atoms with Crippen LogP contribution in [0.25, 0.3) is 0 Å². The lowest BCUT2D eigenvalue weighted by molar-refractivity contribution is -0.133. The van der Waals surface area contributed by atoms with Gasteiger partial charge in [0.1, 0.15) is 0 Å². The number of nitrogens with zero attached hydrogens (tertiary/aromatic N) is 2. The molecule has 0 radical (unpaired) electrons. The Hall–Kier alpha value is -0.870. The molecule has 0 N–H and O–H groups in total. The molecule has 100 valence electrons. The van der Waals surface area contributed by atoms with Crippen molar-refractivity contribution in [3.63, 3.8) is 0 Å². The van der Waals surface area contributed by atoms with Crippen molar-refractivity contribution in [1.82, 2.24) is 9.80 Å². The minimum Gasteiger partial charge on any atom is -0.340 e. The molecule has 0 aliphatic carbocycles. The molecule has 0 unspecified atom stereocenters. The third-order valence-corrected chi connectivity index (χ3v) is 4.13. The van der Waals surface area contributed by atoms with Gasteiger partial charge in [-0.15, -0.1) is 11.3 Å². The van der Waals surface area contributed by atoms with Gasteiger partial charge in [-0.05, 0) is 17.4 Å². The van der Waals surface area contributed by atoms with Gasteiger partial charge >= 0.3 is 0 Å². The largest absolute Gasteiger partial charge is 0.340 e. The van der Waals surface area contributed by atoms with E-state index in [9.17, 15) is 4.79 Å². The van der Waals surface area contributed by atoms with Gasteiger partial charge in [0.2, 0.25) is 5.91 Å². The molecule has 1 aliphatic heterocycles. The summed E-state index contributed by atoms with van der Waals surface area (Å²) in [6, 6.07) is 4.28. The average Bonchev–Trinajstić information content (AvgIpc) is 2.82. The first-order valence-corrected chi connectivity index (χ1v) is 7.55. The Labute approximate surface area is 113 Å². The first-order valence-electron chi connectivity index (χ1n) is 6.67. The Morgan fingerprint density at radius 2 is 2.06 bits per heavy atom. The zero-order valence-electron chi connectivity index (χ0n) is 11.3. The van der Waals surface area contributed by atoms with E-state index < -0.39 is 0 Å². The van der Waals surface area contributed by atoms with Crippen LogP contribution in [0.1, 0.15) is 25.1 Å². The number of piperazine rings is 1. The minimum absolute atomic E-state index is 0.320. The molecule has 1 aliphatic rings. The molecular weight excluding hydrogens is 244 g/mol. The zero-order valence-corrected chi connectivity index (χ0v) is 12.1. The molecule has 0 spiro atoms. The standard InChI is InChI=1S/C14H22N2OS/c1-12(2)10-14(17)16-7-5-15(6-8-16)11-13-4-3-9-18-13/h3-4,9,12H,5-8,10-11H2,1-2H3. The van der Waals surface area contributed by atoms with Crippen LogP contribution in [-0.2, 0) is 11.3 Å². The number of amides is 1. The van der Waals surface area contributed by atoms with Gasteiger partial charge in [0.25, 0.3) is 0 Å². The molecule has 1 aromatic rings. The van der Waals surface area contributed by atoms with Crippen LogP contribution in [0.5, 0.6) is 0 Å². The lowest BCUT2D eigenvalue weighted by Crippen LogP contribution is -2.48. The van der Waals surface area contributed by atoms with Crippen LogP contribution in [-0.4, -0.2) is 41.9 Å². The molecule has 4 heteroatoms. The van der Waals surface area contributed by atoms with Crippen LogP contribution in [0.3, 0.4) is 0 Å². The minimum atomic E-state index is 0.320. The second-order valence-corrected chi connectivity index (χ2v) is 6.37. The summed E-state index contributed by atoms with van der Waals surface area (Å²) >= 11 is 1.81. The summed E-state index contributed by atoms with van der Waals surface area (Å²) in [6.07, 6.45) is 0.685. The lowest BCUT2D eigenvalue weighted by Gasteiger charge is -2.34. The fourth-order valence-corrected chi connectivity index (χ4v) is 3.00. The molecule has 3 nitrogen and oxygen atoms in total. The van der Waals surface area contributed by atoms with Gasteiger partial charge in [-0.1, -0.05) is 19.9 Å². The maximum atomic E-state index is 11.9. The van der Waals surface area contributed by atoms with E-state index in [0.717, 1.165) is 32.7 Å². The Kier molecular flexibility index (Phi) is 4.78. The molecule has 0 atom stereocenters. The highest BCUT2D eigenvalue weighted by atomic mass is 32.1. The summed E-state index contributed by atoms with van der Waals surface area (Å²) in [5, 5.41) is 2.12. The number of hydrogen-bond acceptors (Lipinski definition) is 3. The van der Waals surface area contributed by atoms with E-state index in [1.165, 1.54) is 4.88 Å². The molecule has 1 fully saturated rings. The van der Waals surface area contributed by atoms with E-state index in [1.54, 1.807) is 0 Å². The topological polar surface area (TPSA) is 23.6 Å². The van der Waals surface area contributed by atoms with Crippen LogP contribution in [0.4, 0.5) is 0 Å². The number of hydrogen-bond donors (Lipinski definition) is 0. The van der Waals surface area contributed by atoms with Crippen molar-refractivity contribution in [1.29, 1.82) is 0 Å². The van der Waals surface area contributed by atoms with Crippen molar-refractivity contribution in [2.45, 2.75) is 26.8 Å². The summed E-state index contributed by atoms with van der Waals surface area (Å²) in [4.78, 5) is 17.8. The predicted octanol–water partition coefficient (Wildman–Crippen LogP) is 2.44. The van der Waals surface area contributed by atoms with Crippen molar-refractivity contribution in [3.05, 3.63) is 22.4 Å². The molecule has 2 rings (SSSR count). The van der Waals surface area contributed by atoms with Gasteiger partial charge in [-0.2, -0.15) is 0 Å². The lowest BCUT2D eigenvalue weighted by atomic mass is 10.1. The molecular formula is C14H22N2OS. The van der Waals surface area contributed by atoms with Gasteiger partial charge in [0.15, 0.2) is 0 Å². The van der Waals surface area contributed by atoms with Gasteiger partial charge in [0.05, 0.1) is 0 Å². The maximum Gasteiger partial charge on any atom is 0.222 e.